The lowest BCUT2D eigenvalue weighted by Gasteiger charge is -2.53. The molecule has 25 heteroatoms. The zero-order valence-corrected chi connectivity index (χ0v) is 43.7. The van der Waals surface area contributed by atoms with E-state index in [0.29, 0.717) is 106 Å². The third-order valence-corrected chi connectivity index (χ3v) is 13.1. The number of nitro groups is 2. The molecule has 4 aromatic rings. The van der Waals surface area contributed by atoms with E-state index in [4.69, 9.17) is 40.4 Å². The number of nitrogens with zero attached hydrogens (tertiary/aromatic N) is 9. The lowest BCUT2D eigenvalue weighted by atomic mass is 9.79. The molecule has 2 unspecified atom stereocenters. The van der Waals surface area contributed by atoms with Gasteiger partial charge in [-0.1, -0.05) is 17.7 Å². The quantitative estimate of drug-likeness (QED) is 0.0601. The second-order valence-electron chi connectivity index (χ2n) is 17.3. The summed E-state index contributed by atoms with van der Waals surface area (Å²) in [7, 11) is 3.15. The molecule has 3 fully saturated rings. The number of morpholine rings is 2. The van der Waals surface area contributed by atoms with E-state index in [2.05, 4.69) is 15.3 Å². The van der Waals surface area contributed by atoms with Gasteiger partial charge in [0.2, 0.25) is 10.8 Å². The number of benzene rings is 4. The van der Waals surface area contributed by atoms with Crippen molar-refractivity contribution in [3.05, 3.63) is 129 Å². The Morgan fingerprint density at radius 1 is 0.727 bits per heavy atom. The van der Waals surface area contributed by atoms with Crippen molar-refractivity contribution in [1.82, 2.24) is 9.80 Å². The lowest BCUT2D eigenvalue weighted by molar-refractivity contribution is -0.385. The first kappa shape index (κ1) is 56.5. The fourth-order valence-electron chi connectivity index (χ4n) is 9.23. The number of anilines is 4. The molecule has 2 atom stereocenters. The van der Waals surface area contributed by atoms with Crippen LogP contribution in [0.4, 0.5) is 34.1 Å². The van der Waals surface area contributed by atoms with E-state index < -0.39 is 33.4 Å². The summed E-state index contributed by atoms with van der Waals surface area (Å²) in [6.45, 7) is 9.19. The Bertz CT molecular complexity index is 2820. The number of esters is 2. The van der Waals surface area contributed by atoms with Gasteiger partial charge in [-0.3, -0.25) is 40.1 Å². The molecule has 4 aromatic carbocycles. The minimum absolute atomic E-state index is 0.0251. The number of piperidine rings is 1. The van der Waals surface area contributed by atoms with Crippen LogP contribution in [0.2, 0.25) is 0 Å². The van der Waals surface area contributed by atoms with Gasteiger partial charge < -0.3 is 43.1 Å². The number of hydrogen-bond acceptors (Lipinski definition) is 20. The van der Waals surface area contributed by atoms with Gasteiger partial charge in [-0.25, -0.2) is 14.6 Å². The summed E-state index contributed by atoms with van der Waals surface area (Å²) >= 11 is 5.61. The maximum atomic E-state index is 14.7. The highest BCUT2D eigenvalue weighted by Gasteiger charge is 2.65. The molecule has 0 spiro atoms. The number of halogens is 1. The first-order valence-corrected chi connectivity index (χ1v) is 25.1. The molecule has 0 radical (unpaired) electrons. The van der Waals surface area contributed by atoms with Crippen LogP contribution in [-0.2, 0) is 38.1 Å². The molecule has 2 amide bonds. The summed E-state index contributed by atoms with van der Waals surface area (Å²) in [5.74, 6) is -0.732. The molecule has 5 aliphatic heterocycles. The van der Waals surface area contributed by atoms with E-state index in [0.717, 1.165) is 12.2 Å². The fourth-order valence-corrected chi connectivity index (χ4v) is 9.33. The van der Waals surface area contributed by atoms with E-state index in [1.54, 1.807) is 116 Å². The molecule has 1 N–H and O–H groups in total. The second kappa shape index (κ2) is 26.5. The first-order chi connectivity index (χ1) is 37.2. The average Bonchev–Trinajstić information content (AvgIpc) is 4.11. The van der Waals surface area contributed by atoms with Crippen LogP contribution in [0.25, 0.3) is 0 Å². The predicted octanol–water partition coefficient (Wildman–Crippen LogP) is 6.19. The maximum absolute atomic E-state index is 14.7. The summed E-state index contributed by atoms with van der Waals surface area (Å²) in [4.78, 5) is 80.0. The van der Waals surface area contributed by atoms with Crippen LogP contribution in [-0.4, -0.2) is 153 Å². The molecule has 0 bridgehead atoms. The summed E-state index contributed by atoms with van der Waals surface area (Å²) in [5, 5.41) is 31.7. The van der Waals surface area contributed by atoms with Gasteiger partial charge >= 0.3 is 11.9 Å². The highest BCUT2D eigenvalue weighted by molar-refractivity contribution is 6.82. The van der Waals surface area contributed by atoms with Crippen molar-refractivity contribution in [2.45, 2.75) is 32.4 Å². The van der Waals surface area contributed by atoms with Crippen molar-refractivity contribution in [2.75, 3.05) is 113 Å². The van der Waals surface area contributed by atoms with Crippen LogP contribution < -0.4 is 29.7 Å². The van der Waals surface area contributed by atoms with Crippen molar-refractivity contribution in [2.24, 2.45) is 16.1 Å². The Morgan fingerprint density at radius 3 is 1.78 bits per heavy atom. The third-order valence-electron chi connectivity index (χ3n) is 12.9. The topological polar surface area (TPSA) is 263 Å². The fraction of sp³-hybridized carbons (Fsp3) is 0.385. The SMILES string of the molecule is CCOC(=O)/C(Cl)=N/Nc1ccc(OC)cc1.CCOC(=O)C1=NN(c2ccc(OC)cc2)C2(N3CCOCC3)C(=O)N(c3ccc([N+](=O)[O-])cc3)CCC12.O=C1C(N2CCOCC2)=CCCN1c1ccc([N+](=O)[O-])cc1. The van der Waals surface area contributed by atoms with Crippen LogP contribution in [0, 0.1) is 26.1 Å². The Kier molecular flexibility index (Phi) is 19.5. The number of amides is 2. The molecule has 0 aromatic heterocycles. The minimum atomic E-state index is -1.36. The molecular weight excluding hydrogens is 1020 g/mol. The van der Waals surface area contributed by atoms with Gasteiger partial charge in [0.1, 0.15) is 11.5 Å². The van der Waals surface area contributed by atoms with E-state index in [9.17, 15) is 39.4 Å². The predicted molar refractivity (Wildman–Crippen MR) is 285 cm³/mol. The number of non-ortho nitro benzene ring substituents is 2. The summed E-state index contributed by atoms with van der Waals surface area (Å²) in [6, 6.07) is 26.2. The third kappa shape index (κ3) is 13.1. The van der Waals surface area contributed by atoms with E-state index in [-0.39, 0.29) is 47.3 Å². The second-order valence-corrected chi connectivity index (χ2v) is 17.6. The Morgan fingerprint density at radius 2 is 1.25 bits per heavy atom. The van der Waals surface area contributed by atoms with Gasteiger partial charge in [0, 0.05) is 74.9 Å². The van der Waals surface area contributed by atoms with E-state index in [1.807, 2.05) is 15.9 Å². The van der Waals surface area contributed by atoms with Crippen molar-refractivity contribution in [3.8, 4) is 11.5 Å². The number of hydrazone groups is 2. The first-order valence-electron chi connectivity index (χ1n) is 24.7. The maximum Gasteiger partial charge on any atom is 0.370 e. The van der Waals surface area contributed by atoms with Crippen molar-refractivity contribution >= 4 is 80.4 Å². The standard InChI is InChI=1S/C26H29N5O7.C15H17N3O4.C11H13ClN2O3/c1-3-38-24(32)23-22-12-13-29(18-4-6-20(7-5-18)31(34)35)25(33)26(22,28-14-16-37-17-15-28)30(27-23)19-8-10-21(36-2)11-9-19;19-15-14(16-8-10-22-11-9-16)2-1-7-17(15)12-3-5-13(6-4-12)18(20)21;1-3-17-11(15)10(12)14-13-8-4-6-9(16-2)7-5-8/h4-11,22H,3,12-17H2,1-2H3;2-6H,1,7-11H2;4-7,13H,3H2,1-2H3/b;;14-10-. The number of fused-ring (bicyclic) bond motifs is 1. The average molecular weight is 1080 g/mol. The molecule has 0 saturated carbocycles. The van der Waals surface area contributed by atoms with E-state index in [1.165, 1.54) is 24.3 Å². The van der Waals surface area contributed by atoms with Crippen LogP contribution in [0.3, 0.4) is 0 Å². The lowest BCUT2D eigenvalue weighted by Crippen LogP contribution is -2.74. The zero-order valence-electron chi connectivity index (χ0n) is 42.9. The Hall–Kier alpha value is -8.19. The molecule has 5 aliphatic rings. The normalized spacial score (nSPS) is 19.5. The summed E-state index contributed by atoms with van der Waals surface area (Å²) in [6.07, 6.45) is 3.18. The van der Waals surface area contributed by atoms with Gasteiger partial charge in [0.25, 0.3) is 23.2 Å². The number of carbonyl (C=O) groups is 4. The van der Waals surface area contributed by atoms with Crippen LogP contribution in [0.15, 0.2) is 119 Å². The summed E-state index contributed by atoms with van der Waals surface area (Å²) < 4.78 is 31.3. The molecule has 24 nitrogen and oxygen atoms in total. The van der Waals surface area contributed by atoms with Crippen LogP contribution in [0.1, 0.15) is 26.7 Å². The van der Waals surface area contributed by atoms with E-state index >= 15 is 0 Å². The highest BCUT2D eigenvalue weighted by atomic mass is 35.5. The number of methoxy groups -OCH3 is 2. The van der Waals surface area contributed by atoms with Gasteiger partial charge in [0.05, 0.1) is 86.7 Å². The Labute approximate surface area is 448 Å². The van der Waals surface area contributed by atoms with Gasteiger partial charge in [-0.05, 0) is 99.5 Å². The number of carbonyl (C=O) groups excluding carboxylic acids is 4. The van der Waals surface area contributed by atoms with Gasteiger partial charge in [-0.2, -0.15) is 10.2 Å². The largest absolute Gasteiger partial charge is 0.497 e. The number of nitrogens with one attached hydrogen (secondary N) is 1. The van der Waals surface area contributed by atoms with Gasteiger partial charge in [0.15, 0.2) is 5.71 Å². The Balaban J connectivity index is 0.000000186. The van der Waals surface area contributed by atoms with Crippen LogP contribution in [0.5, 0.6) is 11.5 Å². The number of nitro benzene ring substituents is 2. The molecule has 9 rings (SSSR count). The minimum Gasteiger partial charge on any atom is -0.497 e. The molecule has 5 heterocycles. The molecule has 408 valence electrons. The molecule has 77 heavy (non-hydrogen) atoms. The van der Waals surface area contributed by atoms with Gasteiger partial charge in [-0.15, -0.1) is 0 Å². The smallest absolute Gasteiger partial charge is 0.370 e. The number of rotatable bonds is 15. The van der Waals surface area contributed by atoms with Crippen molar-refractivity contribution < 1.29 is 57.4 Å². The number of ether oxygens (including phenoxy) is 6. The molecule has 3 saturated heterocycles. The highest BCUT2D eigenvalue weighted by Crippen LogP contribution is 2.47. The zero-order chi connectivity index (χ0) is 55.1. The van der Waals surface area contributed by atoms with Crippen molar-refractivity contribution in [3.63, 3.8) is 0 Å². The van der Waals surface area contributed by atoms with Crippen molar-refractivity contribution in [1.29, 1.82) is 0 Å². The van der Waals surface area contributed by atoms with Crippen LogP contribution >= 0.6 is 11.6 Å². The molecular formula is C52H59ClN10O14. The monoisotopic (exact) mass is 1080 g/mol. The number of hydrogen-bond donors (Lipinski definition) is 1. The summed E-state index contributed by atoms with van der Waals surface area (Å²) in [5.41, 5.74) is 4.66. The molecule has 0 aliphatic carbocycles.